The van der Waals surface area contributed by atoms with Gasteiger partial charge in [0.1, 0.15) is 11.6 Å². The summed E-state index contributed by atoms with van der Waals surface area (Å²) >= 11 is 0. The Labute approximate surface area is 123 Å². The van der Waals surface area contributed by atoms with Crippen molar-refractivity contribution in [2.24, 2.45) is 5.92 Å². The van der Waals surface area contributed by atoms with Crippen LogP contribution in [0.15, 0.2) is 30.5 Å². The molecule has 2 N–H and O–H groups in total. The molecule has 2 aromatic rings. The van der Waals surface area contributed by atoms with Crippen LogP contribution in [0.1, 0.15) is 12.8 Å². The van der Waals surface area contributed by atoms with Gasteiger partial charge in [-0.15, -0.1) is 0 Å². The summed E-state index contributed by atoms with van der Waals surface area (Å²) in [5.74, 6) is 2.04. The van der Waals surface area contributed by atoms with Gasteiger partial charge in [0.05, 0.1) is 7.11 Å². The molecule has 0 atom stereocenters. The van der Waals surface area contributed by atoms with Crippen LogP contribution in [-0.2, 0) is 4.79 Å². The average molecular weight is 285 g/mol. The maximum Gasteiger partial charge on any atom is 0.223 e. The van der Waals surface area contributed by atoms with E-state index in [4.69, 9.17) is 4.74 Å². The van der Waals surface area contributed by atoms with Crippen molar-refractivity contribution in [3.63, 3.8) is 0 Å². The summed E-state index contributed by atoms with van der Waals surface area (Å²) in [6, 6.07) is 7.88. The van der Waals surface area contributed by atoms with Crippen molar-refractivity contribution in [2.45, 2.75) is 12.8 Å². The molecule has 0 spiro atoms. The van der Waals surface area contributed by atoms with Gasteiger partial charge >= 0.3 is 0 Å². The summed E-state index contributed by atoms with van der Waals surface area (Å²) in [7, 11) is 1.65. The maximum absolute atomic E-state index is 11.5. The van der Waals surface area contributed by atoms with E-state index in [9.17, 15) is 4.79 Å². The first-order valence-corrected chi connectivity index (χ1v) is 7.22. The number of aromatic nitrogens is 1. The van der Waals surface area contributed by atoms with E-state index in [0.29, 0.717) is 13.1 Å². The Morgan fingerprint density at radius 1 is 1.33 bits per heavy atom. The Morgan fingerprint density at radius 3 is 2.95 bits per heavy atom. The summed E-state index contributed by atoms with van der Waals surface area (Å²) in [5.41, 5.74) is 0. The number of ether oxygens (including phenoxy) is 1. The fourth-order valence-electron chi connectivity index (χ4n) is 2.27. The third-order valence-corrected chi connectivity index (χ3v) is 3.64. The Hall–Kier alpha value is -2.30. The number of carbonyl (C=O) groups excluding carboxylic acids is 1. The number of anilines is 1. The molecule has 1 saturated carbocycles. The molecule has 5 heteroatoms. The zero-order chi connectivity index (χ0) is 14.7. The van der Waals surface area contributed by atoms with E-state index in [1.54, 1.807) is 13.3 Å². The molecular weight excluding hydrogens is 266 g/mol. The lowest BCUT2D eigenvalue weighted by Gasteiger charge is -2.10. The number of fused-ring (bicyclic) bond motifs is 1. The number of methoxy groups -OCH3 is 1. The van der Waals surface area contributed by atoms with Gasteiger partial charge in [-0.1, -0.05) is 6.07 Å². The summed E-state index contributed by atoms with van der Waals surface area (Å²) in [5, 5.41) is 8.33. The zero-order valence-electron chi connectivity index (χ0n) is 12.1. The first-order valence-electron chi connectivity index (χ1n) is 7.22. The molecule has 21 heavy (non-hydrogen) atoms. The lowest BCUT2D eigenvalue weighted by atomic mass is 10.1. The number of benzene rings is 1. The van der Waals surface area contributed by atoms with Gasteiger partial charge in [-0.25, -0.2) is 4.98 Å². The molecule has 1 aromatic heterocycles. The molecule has 0 radical (unpaired) electrons. The highest BCUT2D eigenvalue weighted by molar-refractivity contribution is 5.92. The van der Waals surface area contributed by atoms with Gasteiger partial charge in [0.2, 0.25) is 5.91 Å². The number of pyridine rings is 1. The first-order chi connectivity index (χ1) is 10.3. The van der Waals surface area contributed by atoms with E-state index in [1.165, 1.54) is 0 Å². The van der Waals surface area contributed by atoms with Crippen molar-refractivity contribution in [1.29, 1.82) is 0 Å². The lowest BCUT2D eigenvalue weighted by Crippen LogP contribution is -2.29. The maximum atomic E-state index is 11.5. The predicted octanol–water partition coefficient (Wildman–Crippen LogP) is 2.18. The van der Waals surface area contributed by atoms with Gasteiger partial charge in [0.15, 0.2) is 0 Å². The number of hydrogen-bond acceptors (Lipinski definition) is 4. The van der Waals surface area contributed by atoms with Crippen LogP contribution >= 0.6 is 0 Å². The summed E-state index contributed by atoms with van der Waals surface area (Å²) in [6.45, 7) is 1.26. The fraction of sp³-hybridized carbons (Fsp3) is 0.375. The Bertz CT molecular complexity index is 653. The molecule has 110 valence electrons. The summed E-state index contributed by atoms with van der Waals surface area (Å²) in [4.78, 5) is 15.9. The second-order valence-electron chi connectivity index (χ2n) is 5.24. The molecule has 1 aliphatic carbocycles. The number of nitrogens with one attached hydrogen (secondary N) is 2. The van der Waals surface area contributed by atoms with Crippen molar-refractivity contribution in [3.05, 3.63) is 30.5 Å². The van der Waals surface area contributed by atoms with Crippen molar-refractivity contribution in [2.75, 3.05) is 25.5 Å². The Kier molecular flexibility index (Phi) is 3.90. The van der Waals surface area contributed by atoms with E-state index in [2.05, 4.69) is 15.6 Å². The molecule has 0 saturated heterocycles. The molecule has 0 unspecified atom stereocenters. The van der Waals surface area contributed by atoms with E-state index in [1.807, 2.05) is 24.3 Å². The molecule has 1 amide bonds. The van der Waals surface area contributed by atoms with E-state index < -0.39 is 0 Å². The van der Waals surface area contributed by atoms with Gasteiger partial charge in [0, 0.05) is 30.6 Å². The zero-order valence-corrected chi connectivity index (χ0v) is 12.1. The van der Waals surface area contributed by atoms with E-state index in [0.717, 1.165) is 35.2 Å². The van der Waals surface area contributed by atoms with Crippen molar-refractivity contribution < 1.29 is 9.53 Å². The first kappa shape index (κ1) is 13.7. The number of carbonyl (C=O) groups is 1. The van der Waals surface area contributed by atoms with Crippen LogP contribution in [0.25, 0.3) is 10.8 Å². The molecule has 0 bridgehead atoms. The molecule has 1 fully saturated rings. The van der Waals surface area contributed by atoms with Crippen LogP contribution in [0.2, 0.25) is 0 Å². The molecule has 5 nitrogen and oxygen atoms in total. The number of amides is 1. The molecular formula is C16H19N3O2. The molecule has 1 heterocycles. The van der Waals surface area contributed by atoms with Gasteiger partial charge in [-0.05, 0) is 36.4 Å². The minimum atomic E-state index is 0.171. The molecule has 3 rings (SSSR count). The SMILES string of the molecule is COc1ccc2ccnc(NCCNC(=O)C3CC3)c2c1. The van der Waals surface area contributed by atoms with Gasteiger partial charge in [0.25, 0.3) is 0 Å². The Balaban J connectivity index is 1.63. The van der Waals surface area contributed by atoms with Crippen LogP contribution in [0.3, 0.4) is 0 Å². The van der Waals surface area contributed by atoms with Crippen molar-refractivity contribution in [3.8, 4) is 5.75 Å². The number of hydrogen-bond donors (Lipinski definition) is 2. The topological polar surface area (TPSA) is 63.2 Å². The van der Waals surface area contributed by atoms with Crippen LogP contribution in [-0.4, -0.2) is 31.1 Å². The highest BCUT2D eigenvalue weighted by Gasteiger charge is 2.28. The average Bonchev–Trinajstić information content (AvgIpc) is 3.35. The minimum Gasteiger partial charge on any atom is -0.497 e. The summed E-state index contributed by atoms with van der Waals surface area (Å²) < 4.78 is 5.26. The number of nitrogens with zero attached hydrogens (tertiary/aromatic N) is 1. The predicted molar refractivity (Wildman–Crippen MR) is 82.5 cm³/mol. The second-order valence-corrected chi connectivity index (χ2v) is 5.24. The minimum absolute atomic E-state index is 0.171. The van der Waals surface area contributed by atoms with Crippen molar-refractivity contribution >= 4 is 22.5 Å². The van der Waals surface area contributed by atoms with Crippen molar-refractivity contribution in [1.82, 2.24) is 10.3 Å². The highest BCUT2D eigenvalue weighted by Crippen LogP contribution is 2.28. The summed E-state index contributed by atoms with van der Waals surface area (Å²) in [6.07, 6.45) is 3.84. The second kappa shape index (κ2) is 5.99. The smallest absolute Gasteiger partial charge is 0.223 e. The molecule has 1 aliphatic rings. The standard InChI is InChI=1S/C16H19N3O2/c1-21-13-5-4-11-6-7-17-15(14(11)10-13)18-8-9-19-16(20)12-2-3-12/h4-7,10,12H,2-3,8-9H2,1H3,(H,17,18)(H,19,20). The Morgan fingerprint density at radius 2 is 2.19 bits per heavy atom. The van der Waals surface area contributed by atoms with E-state index >= 15 is 0 Å². The third kappa shape index (κ3) is 3.24. The number of rotatable bonds is 6. The van der Waals surface area contributed by atoms with Gasteiger partial charge in [-0.3, -0.25) is 4.79 Å². The van der Waals surface area contributed by atoms with Crippen LogP contribution in [0.4, 0.5) is 5.82 Å². The van der Waals surface area contributed by atoms with Crippen LogP contribution < -0.4 is 15.4 Å². The van der Waals surface area contributed by atoms with E-state index in [-0.39, 0.29) is 11.8 Å². The quantitative estimate of drug-likeness (QED) is 0.799. The van der Waals surface area contributed by atoms with Gasteiger partial charge < -0.3 is 15.4 Å². The molecule has 0 aliphatic heterocycles. The van der Waals surface area contributed by atoms with Crippen LogP contribution in [0, 0.1) is 5.92 Å². The molecule has 1 aromatic carbocycles. The highest BCUT2D eigenvalue weighted by atomic mass is 16.5. The monoisotopic (exact) mass is 285 g/mol. The van der Waals surface area contributed by atoms with Crippen LogP contribution in [0.5, 0.6) is 5.75 Å². The normalized spacial score (nSPS) is 14.0. The third-order valence-electron chi connectivity index (χ3n) is 3.64. The largest absolute Gasteiger partial charge is 0.497 e. The van der Waals surface area contributed by atoms with Gasteiger partial charge in [-0.2, -0.15) is 0 Å². The lowest BCUT2D eigenvalue weighted by molar-refractivity contribution is -0.122. The fourth-order valence-corrected chi connectivity index (χ4v) is 2.27.